The summed E-state index contributed by atoms with van der Waals surface area (Å²) in [5.74, 6) is -0.854. The zero-order valence-corrected chi connectivity index (χ0v) is 11.1. The largest absolute Gasteiger partial charge is 0.504 e. The van der Waals surface area contributed by atoms with Crippen molar-refractivity contribution >= 4 is 5.91 Å². The van der Waals surface area contributed by atoms with Crippen molar-refractivity contribution in [3.05, 3.63) is 23.8 Å². The number of benzene rings is 1. The lowest BCUT2D eigenvalue weighted by atomic mass is 10.1. The van der Waals surface area contributed by atoms with Crippen LogP contribution < -0.4 is 5.32 Å². The molecule has 0 saturated carbocycles. The summed E-state index contributed by atoms with van der Waals surface area (Å²) >= 11 is 0. The van der Waals surface area contributed by atoms with Gasteiger partial charge >= 0.3 is 0 Å². The molecule has 0 aromatic heterocycles. The molecule has 1 aromatic rings. The number of phenolic OH excluding ortho intramolecular Hbond substituents is 2. The molecule has 1 atom stereocenters. The van der Waals surface area contributed by atoms with E-state index >= 15 is 0 Å². The Hall–Kier alpha value is -1.75. The quantitative estimate of drug-likeness (QED) is 0.704. The third-order valence-electron chi connectivity index (χ3n) is 3.66. The minimum Gasteiger partial charge on any atom is -0.504 e. The molecule has 1 aliphatic rings. The Morgan fingerprint density at radius 2 is 2.11 bits per heavy atom. The maximum Gasteiger partial charge on any atom is 0.257 e. The number of nitrogens with one attached hydrogen (secondary N) is 1. The van der Waals surface area contributed by atoms with Crippen molar-refractivity contribution in [3.8, 4) is 11.5 Å². The first-order valence-electron chi connectivity index (χ1n) is 6.60. The number of para-hydroxylation sites is 1. The molecule has 1 saturated heterocycles. The molecule has 3 N–H and O–H groups in total. The molecule has 1 heterocycles. The van der Waals surface area contributed by atoms with E-state index in [4.69, 9.17) is 0 Å². The van der Waals surface area contributed by atoms with E-state index in [0.29, 0.717) is 0 Å². The fourth-order valence-electron chi connectivity index (χ4n) is 2.45. The van der Waals surface area contributed by atoms with Gasteiger partial charge in [-0.2, -0.15) is 0 Å². The maximum atomic E-state index is 12.4. The number of hydrogen-bond acceptors (Lipinski definition) is 4. The van der Waals surface area contributed by atoms with Crippen LogP contribution >= 0.6 is 0 Å². The van der Waals surface area contributed by atoms with Crippen molar-refractivity contribution in [2.45, 2.75) is 25.3 Å². The summed E-state index contributed by atoms with van der Waals surface area (Å²) in [6, 6.07) is 4.62. The Bertz CT molecular complexity index is 454. The third-order valence-corrected chi connectivity index (χ3v) is 3.66. The first-order valence-corrected chi connectivity index (χ1v) is 6.60. The standard InChI is InChI=1S/C14H20N2O3/c1-16(10-4-3-8-15-9-7-10)14(19)11-5-2-6-12(17)13(11)18/h2,5-6,10,15,17-18H,3-4,7-9H2,1H3. The summed E-state index contributed by atoms with van der Waals surface area (Å²) in [4.78, 5) is 14.0. The molecule has 0 radical (unpaired) electrons. The fraction of sp³-hybridized carbons (Fsp3) is 0.500. The van der Waals surface area contributed by atoms with Crippen LogP contribution in [0.5, 0.6) is 11.5 Å². The minimum atomic E-state index is -0.342. The van der Waals surface area contributed by atoms with Gasteiger partial charge < -0.3 is 20.4 Å². The highest BCUT2D eigenvalue weighted by Gasteiger charge is 2.24. The average molecular weight is 264 g/mol. The predicted octanol–water partition coefficient (Wildman–Crippen LogP) is 1.31. The molecule has 1 fully saturated rings. The van der Waals surface area contributed by atoms with Crippen molar-refractivity contribution in [1.82, 2.24) is 10.2 Å². The van der Waals surface area contributed by atoms with E-state index in [1.54, 1.807) is 18.0 Å². The van der Waals surface area contributed by atoms with Gasteiger partial charge in [-0.15, -0.1) is 0 Å². The zero-order chi connectivity index (χ0) is 13.8. The number of rotatable bonds is 2. The lowest BCUT2D eigenvalue weighted by Crippen LogP contribution is -2.37. The van der Waals surface area contributed by atoms with Crippen molar-refractivity contribution < 1.29 is 15.0 Å². The molecule has 19 heavy (non-hydrogen) atoms. The van der Waals surface area contributed by atoms with Crippen LogP contribution in [0.3, 0.4) is 0 Å². The Balaban J connectivity index is 2.15. The summed E-state index contributed by atoms with van der Waals surface area (Å²) in [7, 11) is 1.75. The monoisotopic (exact) mass is 264 g/mol. The molecule has 1 amide bonds. The Labute approximate surface area is 112 Å². The van der Waals surface area contributed by atoms with Crippen LogP contribution in [-0.4, -0.2) is 47.2 Å². The van der Waals surface area contributed by atoms with Crippen LogP contribution in [0.15, 0.2) is 18.2 Å². The van der Waals surface area contributed by atoms with Gasteiger partial charge in [-0.05, 0) is 44.5 Å². The van der Waals surface area contributed by atoms with E-state index in [9.17, 15) is 15.0 Å². The first-order chi connectivity index (χ1) is 9.11. The average Bonchev–Trinajstić information content (AvgIpc) is 2.69. The Morgan fingerprint density at radius 3 is 2.89 bits per heavy atom. The molecular weight excluding hydrogens is 244 g/mol. The fourth-order valence-corrected chi connectivity index (χ4v) is 2.45. The molecule has 104 valence electrons. The molecule has 0 aliphatic carbocycles. The highest BCUT2D eigenvalue weighted by molar-refractivity contribution is 5.97. The normalized spacial score (nSPS) is 19.7. The summed E-state index contributed by atoms with van der Waals surface area (Å²) in [5, 5.41) is 22.5. The summed E-state index contributed by atoms with van der Waals surface area (Å²) < 4.78 is 0. The van der Waals surface area contributed by atoms with Crippen molar-refractivity contribution in [1.29, 1.82) is 0 Å². The molecule has 0 spiro atoms. The van der Waals surface area contributed by atoms with Crippen molar-refractivity contribution in [2.24, 2.45) is 0 Å². The number of hydrogen-bond donors (Lipinski definition) is 3. The van der Waals surface area contributed by atoms with Crippen LogP contribution in [0.4, 0.5) is 0 Å². The third kappa shape index (κ3) is 2.98. The van der Waals surface area contributed by atoms with Gasteiger partial charge in [0.05, 0.1) is 5.56 Å². The Kier molecular flexibility index (Phi) is 4.27. The number of carbonyl (C=O) groups is 1. The molecule has 0 bridgehead atoms. The van der Waals surface area contributed by atoms with Crippen molar-refractivity contribution in [3.63, 3.8) is 0 Å². The van der Waals surface area contributed by atoms with E-state index in [1.165, 1.54) is 12.1 Å². The van der Waals surface area contributed by atoms with Crippen LogP contribution in [0.2, 0.25) is 0 Å². The molecule has 5 heteroatoms. The van der Waals surface area contributed by atoms with E-state index in [0.717, 1.165) is 32.4 Å². The second kappa shape index (κ2) is 5.93. The van der Waals surface area contributed by atoms with Gasteiger partial charge in [0.25, 0.3) is 5.91 Å². The van der Waals surface area contributed by atoms with Gasteiger partial charge in [0.1, 0.15) is 0 Å². The van der Waals surface area contributed by atoms with Gasteiger partial charge in [-0.25, -0.2) is 0 Å². The lowest BCUT2D eigenvalue weighted by molar-refractivity contribution is 0.0716. The number of amides is 1. The van der Waals surface area contributed by atoms with E-state index in [2.05, 4.69) is 5.32 Å². The molecular formula is C14H20N2O3. The zero-order valence-electron chi connectivity index (χ0n) is 11.1. The van der Waals surface area contributed by atoms with Crippen molar-refractivity contribution in [2.75, 3.05) is 20.1 Å². The van der Waals surface area contributed by atoms with Crippen LogP contribution in [0.1, 0.15) is 29.6 Å². The summed E-state index contributed by atoms with van der Waals surface area (Å²) in [6.45, 7) is 1.88. The second-order valence-electron chi connectivity index (χ2n) is 4.92. The smallest absolute Gasteiger partial charge is 0.257 e. The topological polar surface area (TPSA) is 72.8 Å². The number of carbonyl (C=O) groups excluding carboxylic acids is 1. The molecule has 2 rings (SSSR count). The van der Waals surface area contributed by atoms with E-state index in [-0.39, 0.29) is 29.0 Å². The van der Waals surface area contributed by atoms with E-state index in [1.807, 2.05) is 0 Å². The second-order valence-corrected chi connectivity index (χ2v) is 4.92. The Morgan fingerprint density at radius 1 is 1.32 bits per heavy atom. The van der Waals surface area contributed by atoms with Crippen LogP contribution in [-0.2, 0) is 0 Å². The molecule has 1 aromatic carbocycles. The van der Waals surface area contributed by atoms with Gasteiger partial charge in [0, 0.05) is 13.1 Å². The minimum absolute atomic E-state index is 0.153. The highest BCUT2D eigenvalue weighted by atomic mass is 16.3. The van der Waals surface area contributed by atoms with Crippen LogP contribution in [0, 0.1) is 0 Å². The van der Waals surface area contributed by atoms with E-state index < -0.39 is 0 Å². The maximum absolute atomic E-state index is 12.4. The van der Waals surface area contributed by atoms with Gasteiger partial charge in [-0.1, -0.05) is 6.07 Å². The van der Waals surface area contributed by atoms with Gasteiger partial charge in [0.2, 0.25) is 0 Å². The molecule has 1 unspecified atom stereocenters. The number of aromatic hydroxyl groups is 2. The number of nitrogens with zero attached hydrogens (tertiary/aromatic N) is 1. The molecule has 5 nitrogen and oxygen atoms in total. The SMILES string of the molecule is CN(C(=O)c1cccc(O)c1O)C1CCCNCC1. The highest BCUT2D eigenvalue weighted by Crippen LogP contribution is 2.29. The van der Waals surface area contributed by atoms with Gasteiger partial charge in [-0.3, -0.25) is 4.79 Å². The van der Waals surface area contributed by atoms with Gasteiger partial charge in [0.15, 0.2) is 11.5 Å². The lowest BCUT2D eigenvalue weighted by Gasteiger charge is -2.27. The first kappa shape index (κ1) is 13.7. The number of phenols is 2. The summed E-state index contributed by atoms with van der Waals surface area (Å²) in [6.07, 6.45) is 2.89. The molecule has 1 aliphatic heterocycles. The predicted molar refractivity (Wildman–Crippen MR) is 72.4 cm³/mol. The summed E-state index contributed by atoms with van der Waals surface area (Å²) in [5.41, 5.74) is 0.153. The van der Waals surface area contributed by atoms with Crippen LogP contribution in [0.25, 0.3) is 0 Å².